The van der Waals surface area contributed by atoms with E-state index in [1.807, 2.05) is 6.07 Å². The summed E-state index contributed by atoms with van der Waals surface area (Å²) in [5, 5.41) is 0. The molecule has 2 aromatic rings. The predicted octanol–water partition coefficient (Wildman–Crippen LogP) is 3.58. The average molecular weight is 288 g/mol. The van der Waals surface area contributed by atoms with Gasteiger partial charge in [-0.2, -0.15) is 0 Å². The minimum Gasteiger partial charge on any atom is -0.493 e. The molecule has 0 bridgehead atoms. The molecule has 0 saturated heterocycles. The largest absolute Gasteiger partial charge is 0.493 e. The predicted molar refractivity (Wildman–Crippen MR) is 78.7 cm³/mol. The maximum absolute atomic E-state index is 13.2. The highest BCUT2D eigenvalue weighted by atomic mass is 19.1. The number of hydrogen-bond acceptors (Lipinski definition) is 3. The molecule has 4 heteroatoms. The molecule has 0 aromatic heterocycles. The van der Waals surface area contributed by atoms with Crippen molar-refractivity contribution in [1.29, 1.82) is 0 Å². The summed E-state index contributed by atoms with van der Waals surface area (Å²) in [6.45, 7) is 1.64. The Morgan fingerprint density at radius 3 is 2.38 bits per heavy atom. The molecule has 0 fully saturated rings. The van der Waals surface area contributed by atoms with E-state index >= 15 is 0 Å². The summed E-state index contributed by atoms with van der Waals surface area (Å²) in [5.74, 6) is 0.826. The van der Waals surface area contributed by atoms with Gasteiger partial charge in [0, 0.05) is 12.0 Å². The first kappa shape index (κ1) is 15.0. The lowest BCUT2D eigenvalue weighted by molar-refractivity contribution is 0.0993. The lowest BCUT2D eigenvalue weighted by Gasteiger charge is -2.09. The van der Waals surface area contributed by atoms with Gasteiger partial charge < -0.3 is 9.47 Å². The first-order chi connectivity index (χ1) is 10.0. The summed E-state index contributed by atoms with van der Waals surface area (Å²) in [4.78, 5) is 12.2. The van der Waals surface area contributed by atoms with Crippen LogP contribution in [0.3, 0.4) is 0 Å². The first-order valence-corrected chi connectivity index (χ1v) is 6.55. The molecule has 110 valence electrons. The van der Waals surface area contributed by atoms with Crippen LogP contribution in [0.4, 0.5) is 4.39 Å². The minimum absolute atomic E-state index is 0.0645. The molecule has 0 atom stereocenters. The first-order valence-electron chi connectivity index (χ1n) is 6.55. The van der Waals surface area contributed by atoms with Crippen LogP contribution in [-0.2, 0) is 6.42 Å². The fourth-order valence-corrected chi connectivity index (χ4v) is 2.10. The van der Waals surface area contributed by atoms with Gasteiger partial charge in [0.25, 0.3) is 0 Å². The van der Waals surface area contributed by atoms with E-state index in [0.29, 0.717) is 22.6 Å². The summed E-state index contributed by atoms with van der Waals surface area (Å²) >= 11 is 0. The number of ether oxygens (including phenoxy) is 2. The Morgan fingerprint density at radius 1 is 1.05 bits per heavy atom. The van der Waals surface area contributed by atoms with E-state index in [1.165, 1.54) is 12.1 Å². The highest BCUT2D eigenvalue weighted by Crippen LogP contribution is 2.28. The van der Waals surface area contributed by atoms with Crippen LogP contribution in [0.25, 0.3) is 0 Å². The van der Waals surface area contributed by atoms with Crippen LogP contribution in [0.2, 0.25) is 0 Å². The Balaban J connectivity index is 2.21. The molecule has 2 aromatic carbocycles. The van der Waals surface area contributed by atoms with Gasteiger partial charge in [-0.25, -0.2) is 4.39 Å². The number of rotatable bonds is 5. The van der Waals surface area contributed by atoms with Gasteiger partial charge in [-0.1, -0.05) is 6.07 Å². The number of benzene rings is 2. The molecule has 0 radical (unpaired) electrons. The molecule has 0 aliphatic heterocycles. The maximum atomic E-state index is 13.2. The third kappa shape index (κ3) is 3.40. The van der Waals surface area contributed by atoms with Crippen molar-refractivity contribution in [3.63, 3.8) is 0 Å². The van der Waals surface area contributed by atoms with Crippen molar-refractivity contribution >= 4 is 5.78 Å². The molecule has 0 aliphatic carbocycles. The van der Waals surface area contributed by atoms with Gasteiger partial charge in [0.2, 0.25) is 0 Å². The number of carbonyl (C=O) groups excluding carboxylic acids is 1. The van der Waals surface area contributed by atoms with Crippen LogP contribution in [0.1, 0.15) is 21.5 Å². The van der Waals surface area contributed by atoms with E-state index < -0.39 is 0 Å². The molecule has 0 aliphatic rings. The van der Waals surface area contributed by atoms with Gasteiger partial charge in [0.15, 0.2) is 17.3 Å². The monoisotopic (exact) mass is 288 g/mol. The smallest absolute Gasteiger partial charge is 0.167 e. The van der Waals surface area contributed by atoms with E-state index in [1.54, 1.807) is 39.3 Å². The average Bonchev–Trinajstić information content (AvgIpc) is 2.49. The Bertz CT molecular complexity index is 665. The normalized spacial score (nSPS) is 10.3. The van der Waals surface area contributed by atoms with Crippen LogP contribution in [0, 0.1) is 12.7 Å². The molecule has 0 saturated carbocycles. The summed E-state index contributed by atoms with van der Waals surface area (Å²) in [7, 11) is 3.11. The summed E-state index contributed by atoms with van der Waals surface area (Å²) in [6, 6.07) is 9.74. The lowest BCUT2D eigenvalue weighted by atomic mass is 10.0. The Labute approximate surface area is 123 Å². The van der Waals surface area contributed by atoms with Crippen LogP contribution < -0.4 is 9.47 Å². The molecule has 0 amide bonds. The number of Topliss-reactive ketones (excluding diaryl/α,β-unsaturated/α-hetero) is 1. The van der Waals surface area contributed by atoms with Gasteiger partial charge >= 0.3 is 0 Å². The van der Waals surface area contributed by atoms with Crippen molar-refractivity contribution in [2.45, 2.75) is 13.3 Å². The second-order valence-electron chi connectivity index (χ2n) is 4.75. The van der Waals surface area contributed by atoms with E-state index in [4.69, 9.17) is 9.47 Å². The van der Waals surface area contributed by atoms with Crippen LogP contribution >= 0.6 is 0 Å². The zero-order valence-corrected chi connectivity index (χ0v) is 12.3. The van der Waals surface area contributed by atoms with E-state index in [9.17, 15) is 9.18 Å². The number of ketones is 1. The molecule has 0 unspecified atom stereocenters. The van der Waals surface area contributed by atoms with Crippen molar-refractivity contribution in [2.24, 2.45) is 0 Å². The molecule has 2 rings (SSSR count). The number of halogens is 1. The number of aryl methyl sites for hydroxylation is 1. The topological polar surface area (TPSA) is 35.5 Å². The van der Waals surface area contributed by atoms with E-state index in [-0.39, 0.29) is 18.0 Å². The van der Waals surface area contributed by atoms with E-state index in [2.05, 4.69) is 0 Å². The lowest BCUT2D eigenvalue weighted by Crippen LogP contribution is -2.05. The van der Waals surface area contributed by atoms with Crippen molar-refractivity contribution in [3.8, 4) is 11.5 Å². The van der Waals surface area contributed by atoms with Gasteiger partial charge in [-0.05, 0) is 48.4 Å². The number of carbonyl (C=O) groups is 1. The van der Waals surface area contributed by atoms with Gasteiger partial charge in [0.05, 0.1) is 14.2 Å². The molecule has 0 N–H and O–H groups in total. The fourth-order valence-electron chi connectivity index (χ4n) is 2.10. The third-order valence-corrected chi connectivity index (χ3v) is 3.29. The van der Waals surface area contributed by atoms with Crippen molar-refractivity contribution < 1.29 is 18.7 Å². The molecule has 21 heavy (non-hydrogen) atoms. The quantitative estimate of drug-likeness (QED) is 0.789. The zero-order chi connectivity index (χ0) is 15.4. The number of hydrogen-bond donors (Lipinski definition) is 0. The van der Waals surface area contributed by atoms with Crippen LogP contribution in [0.15, 0.2) is 36.4 Å². The standard InChI is InChI=1S/C17H17FO3/c1-11-8-13(5-6-14(11)18)15(19)9-12-4-7-16(20-2)17(10-12)21-3/h4-8,10H,9H2,1-3H3. The number of methoxy groups -OCH3 is 2. The van der Waals surface area contributed by atoms with Crippen LogP contribution in [-0.4, -0.2) is 20.0 Å². The zero-order valence-electron chi connectivity index (χ0n) is 12.3. The Morgan fingerprint density at radius 2 is 1.76 bits per heavy atom. The highest BCUT2D eigenvalue weighted by molar-refractivity contribution is 5.97. The molecular weight excluding hydrogens is 271 g/mol. The molecule has 0 heterocycles. The van der Waals surface area contributed by atoms with Gasteiger partial charge in [0.1, 0.15) is 5.82 Å². The maximum Gasteiger partial charge on any atom is 0.167 e. The second kappa shape index (κ2) is 6.39. The summed E-state index contributed by atoms with van der Waals surface area (Å²) in [6.07, 6.45) is 0.228. The Hall–Kier alpha value is -2.36. The highest BCUT2D eigenvalue weighted by Gasteiger charge is 2.11. The minimum atomic E-state index is -0.308. The molecular formula is C17H17FO3. The van der Waals surface area contributed by atoms with Crippen molar-refractivity contribution in [3.05, 3.63) is 58.9 Å². The van der Waals surface area contributed by atoms with Crippen LogP contribution in [0.5, 0.6) is 11.5 Å². The fraction of sp³-hybridized carbons (Fsp3) is 0.235. The van der Waals surface area contributed by atoms with Crippen molar-refractivity contribution in [1.82, 2.24) is 0 Å². The third-order valence-electron chi connectivity index (χ3n) is 3.29. The molecule has 0 spiro atoms. The summed E-state index contributed by atoms with van der Waals surface area (Å²) < 4.78 is 23.6. The van der Waals surface area contributed by atoms with E-state index in [0.717, 1.165) is 5.56 Å². The second-order valence-corrected chi connectivity index (χ2v) is 4.75. The van der Waals surface area contributed by atoms with Gasteiger partial charge in [-0.15, -0.1) is 0 Å². The SMILES string of the molecule is COc1ccc(CC(=O)c2ccc(F)c(C)c2)cc1OC. The Kier molecular flexibility index (Phi) is 4.58. The van der Waals surface area contributed by atoms with Crippen molar-refractivity contribution in [2.75, 3.05) is 14.2 Å². The van der Waals surface area contributed by atoms with Gasteiger partial charge in [-0.3, -0.25) is 4.79 Å². The molecule has 3 nitrogen and oxygen atoms in total. The summed E-state index contributed by atoms with van der Waals surface area (Å²) in [5.41, 5.74) is 1.79.